The first-order chi connectivity index (χ1) is 8.41. The molecule has 4 nitrogen and oxygen atoms in total. The second-order valence-electron chi connectivity index (χ2n) is 5.78. The normalized spacial score (nSPS) is 15.2. The topological polar surface area (TPSA) is 45.2 Å². The van der Waals surface area contributed by atoms with Gasteiger partial charge in [0, 0.05) is 43.4 Å². The fourth-order valence-electron chi connectivity index (χ4n) is 2.17. The SMILES string of the molecule is CNC(=O)N1CCc2nc(C(C)(C)C)ccc2C1. The van der Waals surface area contributed by atoms with Gasteiger partial charge in [0.25, 0.3) is 0 Å². The highest BCUT2D eigenvalue weighted by Gasteiger charge is 2.23. The van der Waals surface area contributed by atoms with Gasteiger partial charge in [-0.05, 0) is 11.6 Å². The Kier molecular flexibility index (Phi) is 3.28. The number of pyridine rings is 1. The summed E-state index contributed by atoms with van der Waals surface area (Å²) in [6.07, 6.45) is 0.840. The first-order valence-electron chi connectivity index (χ1n) is 6.38. The molecule has 0 saturated carbocycles. The highest BCUT2D eigenvalue weighted by Crippen LogP contribution is 2.24. The van der Waals surface area contributed by atoms with Crippen molar-refractivity contribution in [2.75, 3.05) is 13.6 Å². The zero-order chi connectivity index (χ0) is 13.3. The molecule has 1 N–H and O–H groups in total. The molecule has 0 atom stereocenters. The van der Waals surface area contributed by atoms with Gasteiger partial charge in [-0.25, -0.2) is 4.79 Å². The highest BCUT2D eigenvalue weighted by atomic mass is 16.2. The third kappa shape index (κ3) is 2.47. The van der Waals surface area contributed by atoms with Crippen LogP contribution in [0.25, 0.3) is 0 Å². The maximum atomic E-state index is 11.6. The molecule has 2 amide bonds. The summed E-state index contributed by atoms with van der Waals surface area (Å²) in [5, 5.41) is 2.67. The summed E-state index contributed by atoms with van der Waals surface area (Å²) in [4.78, 5) is 18.2. The lowest BCUT2D eigenvalue weighted by Crippen LogP contribution is -2.41. The van der Waals surface area contributed by atoms with Gasteiger partial charge < -0.3 is 10.2 Å². The van der Waals surface area contributed by atoms with Crippen molar-refractivity contribution < 1.29 is 4.79 Å². The van der Waals surface area contributed by atoms with Gasteiger partial charge in [0.2, 0.25) is 0 Å². The molecule has 2 rings (SSSR count). The smallest absolute Gasteiger partial charge is 0.317 e. The molecule has 4 heteroatoms. The Hall–Kier alpha value is -1.58. The van der Waals surface area contributed by atoms with Gasteiger partial charge in [0.15, 0.2) is 0 Å². The van der Waals surface area contributed by atoms with Crippen molar-refractivity contribution in [2.45, 2.75) is 39.2 Å². The molecule has 0 fully saturated rings. The summed E-state index contributed by atoms with van der Waals surface area (Å²) < 4.78 is 0. The number of carbonyl (C=O) groups excluding carboxylic acids is 1. The average molecular weight is 247 g/mol. The van der Waals surface area contributed by atoms with E-state index in [0.29, 0.717) is 6.54 Å². The van der Waals surface area contributed by atoms with Crippen LogP contribution in [0, 0.1) is 0 Å². The van der Waals surface area contributed by atoms with Crippen LogP contribution < -0.4 is 5.32 Å². The molecule has 98 valence electrons. The van der Waals surface area contributed by atoms with Crippen molar-refractivity contribution >= 4 is 6.03 Å². The minimum atomic E-state index is -0.0134. The van der Waals surface area contributed by atoms with E-state index >= 15 is 0 Å². The maximum absolute atomic E-state index is 11.6. The molecular formula is C14H21N3O. The number of carbonyl (C=O) groups is 1. The van der Waals surface area contributed by atoms with Gasteiger partial charge >= 0.3 is 6.03 Å². The maximum Gasteiger partial charge on any atom is 0.317 e. The number of aromatic nitrogens is 1. The standard InChI is InChI=1S/C14H21N3O/c1-14(2,3)12-6-5-10-9-17(13(18)15-4)8-7-11(10)16-12/h5-6H,7-9H2,1-4H3,(H,15,18). The number of hydrogen-bond acceptors (Lipinski definition) is 2. The van der Waals surface area contributed by atoms with Gasteiger partial charge in [0.05, 0.1) is 0 Å². The van der Waals surface area contributed by atoms with E-state index in [2.05, 4.69) is 38.2 Å². The van der Waals surface area contributed by atoms with E-state index in [1.54, 1.807) is 7.05 Å². The van der Waals surface area contributed by atoms with Gasteiger partial charge in [-0.3, -0.25) is 4.98 Å². The van der Waals surface area contributed by atoms with E-state index in [-0.39, 0.29) is 11.4 Å². The van der Waals surface area contributed by atoms with Crippen LogP contribution in [-0.4, -0.2) is 29.5 Å². The lowest BCUT2D eigenvalue weighted by atomic mass is 9.90. The molecule has 0 unspecified atom stereocenters. The first kappa shape index (κ1) is 12.9. The van der Waals surface area contributed by atoms with Crippen LogP contribution in [0.3, 0.4) is 0 Å². The van der Waals surface area contributed by atoms with Crippen LogP contribution in [-0.2, 0) is 18.4 Å². The Morgan fingerprint density at radius 3 is 2.72 bits per heavy atom. The summed E-state index contributed by atoms with van der Waals surface area (Å²) in [7, 11) is 1.67. The molecular weight excluding hydrogens is 226 g/mol. The Bertz CT molecular complexity index is 463. The molecule has 0 saturated heterocycles. The molecule has 0 bridgehead atoms. The number of urea groups is 1. The van der Waals surface area contributed by atoms with E-state index in [9.17, 15) is 4.79 Å². The number of fused-ring (bicyclic) bond motifs is 1. The van der Waals surface area contributed by atoms with Crippen LogP contribution in [0.15, 0.2) is 12.1 Å². The second-order valence-corrected chi connectivity index (χ2v) is 5.78. The summed E-state index contributed by atoms with van der Waals surface area (Å²) >= 11 is 0. The van der Waals surface area contributed by atoms with E-state index in [1.165, 1.54) is 0 Å². The summed E-state index contributed by atoms with van der Waals surface area (Å²) in [6, 6.07) is 4.17. The van der Waals surface area contributed by atoms with Crippen LogP contribution >= 0.6 is 0 Å². The Labute approximate surface area is 108 Å². The number of hydrogen-bond donors (Lipinski definition) is 1. The Morgan fingerprint density at radius 1 is 1.39 bits per heavy atom. The van der Waals surface area contributed by atoms with Crippen LogP contribution in [0.1, 0.15) is 37.7 Å². The van der Waals surface area contributed by atoms with Crippen LogP contribution in [0.5, 0.6) is 0 Å². The van der Waals surface area contributed by atoms with Gasteiger partial charge in [-0.1, -0.05) is 26.8 Å². The average Bonchev–Trinajstić information content (AvgIpc) is 2.35. The first-order valence-corrected chi connectivity index (χ1v) is 6.38. The van der Waals surface area contributed by atoms with Crippen molar-refractivity contribution in [3.05, 3.63) is 29.1 Å². The van der Waals surface area contributed by atoms with Gasteiger partial charge in [-0.2, -0.15) is 0 Å². The molecule has 2 heterocycles. The Balaban J connectivity index is 2.24. The molecule has 18 heavy (non-hydrogen) atoms. The lowest BCUT2D eigenvalue weighted by Gasteiger charge is -2.29. The molecule has 1 aromatic rings. The number of rotatable bonds is 0. The van der Waals surface area contributed by atoms with E-state index < -0.39 is 0 Å². The van der Waals surface area contributed by atoms with E-state index in [1.807, 2.05) is 4.90 Å². The summed E-state index contributed by atoms with van der Waals surface area (Å²) in [5.74, 6) is 0. The van der Waals surface area contributed by atoms with Crippen molar-refractivity contribution in [1.29, 1.82) is 0 Å². The van der Waals surface area contributed by atoms with Crippen molar-refractivity contribution in [3.8, 4) is 0 Å². The second kappa shape index (κ2) is 4.59. The van der Waals surface area contributed by atoms with Crippen molar-refractivity contribution in [3.63, 3.8) is 0 Å². The predicted octanol–water partition coefficient (Wildman–Crippen LogP) is 2.08. The lowest BCUT2D eigenvalue weighted by molar-refractivity contribution is 0.194. The number of nitrogens with zero attached hydrogens (tertiary/aromatic N) is 2. The minimum Gasteiger partial charge on any atom is -0.341 e. The third-order valence-corrected chi connectivity index (χ3v) is 3.32. The highest BCUT2D eigenvalue weighted by molar-refractivity contribution is 5.74. The Morgan fingerprint density at radius 2 is 2.11 bits per heavy atom. The van der Waals surface area contributed by atoms with Crippen LogP contribution in [0.4, 0.5) is 4.79 Å². The van der Waals surface area contributed by atoms with Gasteiger partial charge in [-0.15, -0.1) is 0 Å². The monoisotopic (exact) mass is 247 g/mol. The van der Waals surface area contributed by atoms with E-state index in [0.717, 1.165) is 29.9 Å². The molecule has 0 aliphatic carbocycles. The number of nitrogens with one attached hydrogen (secondary N) is 1. The summed E-state index contributed by atoms with van der Waals surface area (Å²) in [5.41, 5.74) is 3.50. The zero-order valence-electron chi connectivity index (χ0n) is 11.6. The quantitative estimate of drug-likeness (QED) is 0.763. The molecule has 0 radical (unpaired) electrons. The fourth-order valence-corrected chi connectivity index (χ4v) is 2.17. The minimum absolute atomic E-state index is 0.0134. The molecule has 1 aromatic heterocycles. The zero-order valence-corrected chi connectivity index (χ0v) is 11.6. The molecule has 0 spiro atoms. The van der Waals surface area contributed by atoms with Crippen LogP contribution in [0.2, 0.25) is 0 Å². The van der Waals surface area contributed by atoms with E-state index in [4.69, 9.17) is 4.98 Å². The third-order valence-electron chi connectivity index (χ3n) is 3.32. The molecule has 0 aromatic carbocycles. The van der Waals surface area contributed by atoms with Gasteiger partial charge in [0.1, 0.15) is 0 Å². The molecule has 1 aliphatic heterocycles. The summed E-state index contributed by atoms with van der Waals surface area (Å²) in [6.45, 7) is 7.91. The fraction of sp³-hybridized carbons (Fsp3) is 0.571. The molecule has 1 aliphatic rings. The predicted molar refractivity (Wildman–Crippen MR) is 71.5 cm³/mol. The largest absolute Gasteiger partial charge is 0.341 e. The number of amides is 2. The van der Waals surface area contributed by atoms with Crippen molar-refractivity contribution in [2.24, 2.45) is 0 Å². The van der Waals surface area contributed by atoms with Crippen molar-refractivity contribution in [1.82, 2.24) is 15.2 Å².